The summed E-state index contributed by atoms with van der Waals surface area (Å²) in [5.41, 5.74) is 0. The van der Waals surface area contributed by atoms with Gasteiger partial charge in [0.05, 0.1) is 0 Å². The van der Waals surface area contributed by atoms with Gasteiger partial charge < -0.3 is 14.2 Å². The Kier molecular flexibility index (Phi) is 54.9. The van der Waals surface area contributed by atoms with Crippen LogP contribution in [0, 0.1) is 17.8 Å². The van der Waals surface area contributed by atoms with E-state index in [1.54, 1.807) is 0 Å². The maximum absolute atomic E-state index is 12.9. The van der Waals surface area contributed by atoms with E-state index < -0.39 is 6.10 Å². The number of unbranched alkanes of at least 4 members (excludes halogenated alkanes) is 40. The van der Waals surface area contributed by atoms with Crippen molar-refractivity contribution < 1.29 is 28.6 Å². The first kappa shape index (κ1) is 69.4. The third-order valence-electron chi connectivity index (χ3n) is 15.3. The first-order valence-corrected chi connectivity index (χ1v) is 32.1. The minimum Gasteiger partial charge on any atom is -0.462 e. The van der Waals surface area contributed by atoms with Crippen molar-refractivity contribution in [3.63, 3.8) is 0 Å². The molecular weight excluding hydrogens is 877 g/mol. The van der Waals surface area contributed by atoms with Crippen LogP contribution >= 0.6 is 0 Å². The second kappa shape index (κ2) is 56.1. The molecule has 0 radical (unpaired) electrons. The molecule has 0 aliphatic carbocycles. The molecule has 0 fully saturated rings. The smallest absolute Gasteiger partial charge is 0.306 e. The zero-order chi connectivity index (χ0) is 51.9. The normalized spacial score (nSPS) is 12.5. The Morgan fingerprint density at radius 2 is 0.493 bits per heavy atom. The van der Waals surface area contributed by atoms with Crippen LogP contribution in [-0.4, -0.2) is 37.2 Å². The predicted octanol–water partition coefficient (Wildman–Crippen LogP) is 21.5. The highest BCUT2D eigenvalue weighted by Gasteiger charge is 2.19. The molecule has 0 rings (SSSR count). The molecule has 0 aromatic rings. The minimum atomic E-state index is -0.764. The molecule has 6 nitrogen and oxygen atoms in total. The van der Waals surface area contributed by atoms with Gasteiger partial charge in [-0.3, -0.25) is 14.4 Å². The number of ether oxygens (including phenoxy) is 3. The molecule has 0 saturated carbocycles. The van der Waals surface area contributed by atoms with Crippen molar-refractivity contribution in [3.05, 3.63) is 0 Å². The average molecular weight is 1000 g/mol. The summed E-state index contributed by atoms with van der Waals surface area (Å²) in [5.74, 6) is 1.73. The standard InChI is InChI=1S/C65H126O6/c1-7-61(6)53-47-41-35-29-23-19-15-10-8-9-11-17-21-25-31-38-44-50-56-65(68)71-62(58-70-64(67)55-49-43-37-32-26-28-34-40-46-52-60(4)5)57-69-63(66)54-48-42-36-30-24-20-16-13-12-14-18-22-27-33-39-45-51-59(2)3/h59-62H,7-58H2,1-6H3/t61?,62-/m1/s1. The Hall–Kier alpha value is -1.59. The minimum absolute atomic E-state index is 0.0629. The van der Waals surface area contributed by atoms with Gasteiger partial charge in [0.1, 0.15) is 13.2 Å². The van der Waals surface area contributed by atoms with E-state index in [1.165, 1.54) is 244 Å². The molecule has 1 unspecified atom stereocenters. The van der Waals surface area contributed by atoms with Gasteiger partial charge in [-0.25, -0.2) is 0 Å². The van der Waals surface area contributed by atoms with Crippen LogP contribution in [0.3, 0.4) is 0 Å². The van der Waals surface area contributed by atoms with Crippen molar-refractivity contribution in [2.75, 3.05) is 13.2 Å². The lowest BCUT2D eigenvalue weighted by Gasteiger charge is -2.18. The van der Waals surface area contributed by atoms with Gasteiger partial charge in [-0.1, -0.05) is 324 Å². The van der Waals surface area contributed by atoms with Crippen molar-refractivity contribution in [2.24, 2.45) is 17.8 Å². The Labute approximate surface area is 444 Å². The molecule has 6 heteroatoms. The molecule has 0 aliphatic rings. The maximum atomic E-state index is 12.9. The van der Waals surface area contributed by atoms with Gasteiger partial charge in [0.25, 0.3) is 0 Å². The van der Waals surface area contributed by atoms with E-state index in [0.717, 1.165) is 75.5 Å². The van der Waals surface area contributed by atoms with Crippen molar-refractivity contribution in [2.45, 2.75) is 369 Å². The fourth-order valence-electron chi connectivity index (χ4n) is 10.0. The van der Waals surface area contributed by atoms with Crippen molar-refractivity contribution >= 4 is 17.9 Å². The first-order chi connectivity index (χ1) is 34.6. The average Bonchev–Trinajstić information content (AvgIpc) is 3.35. The van der Waals surface area contributed by atoms with Crippen molar-refractivity contribution in [1.29, 1.82) is 0 Å². The van der Waals surface area contributed by atoms with Gasteiger partial charge in [-0.15, -0.1) is 0 Å². The maximum Gasteiger partial charge on any atom is 0.306 e. The Bertz CT molecular complexity index is 1100. The topological polar surface area (TPSA) is 78.9 Å². The summed E-state index contributed by atoms with van der Waals surface area (Å²) in [6, 6.07) is 0. The SMILES string of the molecule is CCC(C)CCCCCCCCCCCCCCCCCCCCC(=O)O[C@H](COC(=O)CCCCCCCCCCCCCCCCCCC(C)C)COC(=O)CCCCCCCCCCCC(C)C. The highest BCUT2D eigenvalue weighted by molar-refractivity contribution is 5.71. The van der Waals surface area contributed by atoms with E-state index in [-0.39, 0.29) is 31.1 Å². The molecule has 0 aromatic carbocycles. The summed E-state index contributed by atoms with van der Waals surface area (Å²) in [4.78, 5) is 38.3. The molecule has 0 amide bonds. The fourth-order valence-corrected chi connectivity index (χ4v) is 10.0. The molecule has 422 valence electrons. The zero-order valence-corrected chi connectivity index (χ0v) is 49.0. The number of carbonyl (C=O) groups excluding carboxylic acids is 3. The van der Waals surface area contributed by atoms with Gasteiger partial charge in [0, 0.05) is 19.3 Å². The predicted molar refractivity (Wildman–Crippen MR) is 307 cm³/mol. The van der Waals surface area contributed by atoms with Crippen LogP contribution in [0.1, 0.15) is 363 Å². The number of hydrogen-bond donors (Lipinski definition) is 0. The summed E-state index contributed by atoms with van der Waals surface area (Å²) in [5, 5.41) is 0. The van der Waals surface area contributed by atoms with Crippen LogP contribution in [0.4, 0.5) is 0 Å². The van der Waals surface area contributed by atoms with Crippen LogP contribution in [0.25, 0.3) is 0 Å². The Morgan fingerprint density at radius 1 is 0.282 bits per heavy atom. The van der Waals surface area contributed by atoms with E-state index >= 15 is 0 Å². The largest absolute Gasteiger partial charge is 0.462 e. The van der Waals surface area contributed by atoms with Crippen molar-refractivity contribution in [1.82, 2.24) is 0 Å². The number of hydrogen-bond acceptors (Lipinski definition) is 6. The highest BCUT2D eigenvalue weighted by atomic mass is 16.6. The monoisotopic (exact) mass is 1000 g/mol. The summed E-state index contributed by atoms with van der Waals surface area (Å²) >= 11 is 0. The van der Waals surface area contributed by atoms with Crippen LogP contribution in [0.2, 0.25) is 0 Å². The number of esters is 3. The molecule has 0 saturated heterocycles. The van der Waals surface area contributed by atoms with Crippen LogP contribution in [0.5, 0.6) is 0 Å². The first-order valence-electron chi connectivity index (χ1n) is 32.1. The molecular formula is C65H126O6. The molecule has 0 spiro atoms. The van der Waals surface area contributed by atoms with E-state index in [9.17, 15) is 14.4 Å². The second-order valence-electron chi connectivity index (χ2n) is 23.6. The molecule has 0 aromatic heterocycles. The van der Waals surface area contributed by atoms with Crippen LogP contribution in [0.15, 0.2) is 0 Å². The Balaban J connectivity index is 4.24. The summed E-state index contributed by atoms with van der Waals surface area (Å²) < 4.78 is 16.9. The van der Waals surface area contributed by atoms with E-state index in [1.807, 2.05) is 0 Å². The van der Waals surface area contributed by atoms with Gasteiger partial charge >= 0.3 is 17.9 Å². The third-order valence-corrected chi connectivity index (χ3v) is 15.3. The second-order valence-corrected chi connectivity index (χ2v) is 23.6. The summed E-state index contributed by atoms with van der Waals surface area (Å²) in [6.45, 7) is 13.8. The van der Waals surface area contributed by atoms with E-state index in [0.29, 0.717) is 19.3 Å². The quantitative estimate of drug-likeness (QED) is 0.0343. The molecule has 0 heterocycles. The fraction of sp³-hybridized carbons (Fsp3) is 0.954. The van der Waals surface area contributed by atoms with Crippen molar-refractivity contribution in [3.8, 4) is 0 Å². The molecule has 0 bridgehead atoms. The molecule has 0 aliphatic heterocycles. The van der Waals surface area contributed by atoms with Gasteiger partial charge in [0.2, 0.25) is 0 Å². The lowest BCUT2D eigenvalue weighted by Crippen LogP contribution is -2.30. The number of rotatable bonds is 58. The zero-order valence-electron chi connectivity index (χ0n) is 49.0. The molecule has 0 N–H and O–H groups in total. The molecule has 2 atom stereocenters. The third kappa shape index (κ3) is 57.5. The van der Waals surface area contributed by atoms with E-state index in [2.05, 4.69) is 41.5 Å². The molecule has 71 heavy (non-hydrogen) atoms. The van der Waals surface area contributed by atoms with Crippen LogP contribution in [-0.2, 0) is 28.6 Å². The van der Waals surface area contributed by atoms with Gasteiger partial charge in [-0.05, 0) is 37.0 Å². The number of carbonyl (C=O) groups is 3. The summed E-state index contributed by atoms with van der Waals surface area (Å²) in [6.07, 6.45) is 61.1. The van der Waals surface area contributed by atoms with Gasteiger partial charge in [-0.2, -0.15) is 0 Å². The van der Waals surface area contributed by atoms with Crippen LogP contribution < -0.4 is 0 Å². The van der Waals surface area contributed by atoms with E-state index in [4.69, 9.17) is 14.2 Å². The highest BCUT2D eigenvalue weighted by Crippen LogP contribution is 2.19. The Morgan fingerprint density at radius 3 is 0.732 bits per heavy atom. The lowest BCUT2D eigenvalue weighted by atomic mass is 9.99. The lowest BCUT2D eigenvalue weighted by molar-refractivity contribution is -0.167. The van der Waals surface area contributed by atoms with Gasteiger partial charge in [0.15, 0.2) is 6.10 Å². The summed E-state index contributed by atoms with van der Waals surface area (Å²) in [7, 11) is 0.